The zero-order valence-corrected chi connectivity index (χ0v) is 17.7. The third-order valence-corrected chi connectivity index (χ3v) is 5.19. The first-order valence-electron chi connectivity index (χ1n) is 9.95. The molecule has 0 bridgehead atoms. The zero-order chi connectivity index (χ0) is 22.3. The molecule has 0 saturated heterocycles. The van der Waals surface area contributed by atoms with Crippen LogP contribution in [0.3, 0.4) is 0 Å². The highest BCUT2D eigenvalue weighted by atomic mass is 16.1. The molecule has 7 nitrogen and oxygen atoms in total. The van der Waals surface area contributed by atoms with Gasteiger partial charge in [-0.1, -0.05) is 23.8 Å². The molecule has 0 unspecified atom stereocenters. The molecule has 154 valence electrons. The van der Waals surface area contributed by atoms with Gasteiger partial charge in [0.1, 0.15) is 17.4 Å². The average Bonchev–Trinajstić information content (AvgIpc) is 2.74. The Hall–Kier alpha value is -4.05. The number of hydrogen-bond acceptors (Lipinski definition) is 4. The van der Waals surface area contributed by atoms with Crippen molar-refractivity contribution in [2.75, 3.05) is 0 Å². The lowest BCUT2D eigenvalue weighted by Gasteiger charge is -2.17. The topological polar surface area (TPSA) is 92.5 Å². The number of carbonyl (C=O) groups is 1. The van der Waals surface area contributed by atoms with Crippen LogP contribution in [-0.2, 0) is 0 Å². The molecule has 0 spiro atoms. The first-order valence-corrected chi connectivity index (χ1v) is 9.95. The van der Waals surface area contributed by atoms with E-state index in [2.05, 4.69) is 11.1 Å². The SMILES string of the molecule is Cc1ccc(C(=O)N=c2c(C#N)cc3c(=O)n4cccc(C)c4nc3n2C(C)C)cc1. The van der Waals surface area contributed by atoms with Crippen LogP contribution in [0.15, 0.2) is 58.4 Å². The Morgan fingerprint density at radius 1 is 1.13 bits per heavy atom. The van der Waals surface area contributed by atoms with Crippen LogP contribution in [0.4, 0.5) is 0 Å². The number of aryl methyl sites for hydroxylation is 2. The van der Waals surface area contributed by atoms with Crippen molar-refractivity contribution in [1.82, 2.24) is 14.0 Å². The van der Waals surface area contributed by atoms with Gasteiger partial charge in [0.2, 0.25) is 0 Å². The van der Waals surface area contributed by atoms with Crippen LogP contribution in [-0.4, -0.2) is 19.9 Å². The van der Waals surface area contributed by atoms with E-state index in [1.807, 2.05) is 45.9 Å². The summed E-state index contributed by atoms with van der Waals surface area (Å²) in [6, 6.07) is 14.1. The maximum Gasteiger partial charge on any atom is 0.278 e. The van der Waals surface area contributed by atoms with Gasteiger partial charge in [-0.2, -0.15) is 10.3 Å². The highest BCUT2D eigenvalue weighted by Gasteiger charge is 2.17. The molecule has 3 aromatic heterocycles. The molecule has 0 aliphatic carbocycles. The van der Waals surface area contributed by atoms with Crippen molar-refractivity contribution in [2.24, 2.45) is 4.99 Å². The summed E-state index contributed by atoms with van der Waals surface area (Å²) in [5.74, 6) is -0.459. The van der Waals surface area contributed by atoms with Crippen LogP contribution in [0.2, 0.25) is 0 Å². The summed E-state index contributed by atoms with van der Waals surface area (Å²) in [5, 5.41) is 10.1. The van der Waals surface area contributed by atoms with Crippen molar-refractivity contribution in [2.45, 2.75) is 33.7 Å². The highest BCUT2D eigenvalue weighted by molar-refractivity contribution is 5.95. The number of rotatable bonds is 2. The van der Waals surface area contributed by atoms with Gasteiger partial charge in [-0.3, -0.25) is 14.0 Å². The van der Waals surface area contributed by atoms with E-state index in [1.54, 1.807) is 29.0 Å². The van der Waals surface area contributed by atoms with E-state index in [0.29, 0.717) is 22.2 Å². The largest absolute Gasteiger partial charge is 0.306 e. The van der Waals surface area contributed by atoms with Gasteiger partial charge in [-0.05, 0) is 57.5 Å². The molecule has 4 rings (SSSR count). The summed E-state index contributed by atoms with van der Waals surface area (Å²) >= 11 is 0. The molecule has 0 fully saturated rings. The standard InChI is InChI=1S/C24H21N5O2/c1-14(2)29-21(27-23(30)17-9-7-15(3)8-10-17)18(13-25)12-19-22(29)26-20-16(4)6-5-11-28(20)24(19)31/h5-12,14H,1-4H3. The summed E-state index contributed by atoms with van der Waals surface area (Å²) in [6.07, 6.45) is 1.65. The summed E-state index contributed by atoms with van der Waals surface area (Å²) in [6.45, 7) is 7.61. The van der Waals surface area contributed by atoms with Crippen LogP contribution in [0, 0.1) is 25.2 Å². The van der Waals surface area contributed by atoms with Gasteiger partial charge in [0.05, 0.1) is 10.9 Å². The number of pyridine rings is 2. The number of hydrogen-bond donors (Lipinski definition) is 0. The third-order valence-electron chi connectivity index (χ3n) is 5.19. The van der Waals surface area contributed by atoms with Crippen LogP contribution in [0.25, 0.3) is 16.7 Å². The van der Waals surface area contributed by atoms with Crippen molar-refractivity contribution in [3.8, 4) is 6.07 Å². The lowest BCUT2D eigenvalue weighted by atomic mass is 10.1. The average molecular weight is 411 g/mol. The van der Waals surface area contributed by atoms with Crippen LogP contribution in [0.5, 0.6) is 0 Å². The second-order valence-electron chi connectivity index (χ2n) is 7.78. The fourth-order valence-corrected chi connectivity index (χ4v) is 3.59. The zero-order valence-electron chi connectivity index (χ0n) is 17.7. The van der Waals surface area contributed by atoms with Gasteiger partial charge in [-0.15, -0.1) is 0 Å². The number of benzene rings is 1. The van der Waals surface area contributed by atoms with Gasteiger partial charge >= 0.3 is 0 Å². The maximum absolute atomic E-state index is 13.2. The molecule has 0 aliphatic rings. The Balaban J connectivity index is 2.13. The minimum absolute atomic E-state index is 0.146. The van der Waals surface area contributed by atoms with E-state index in [0.717, 1.165) is 11.1 Å². The molecule has 1 amide bonds. The van der Waals surface area contributed by atoms with Gasteiger partial charge in [0.25, 0.3) is 11.5 Å². The Morgan fingerprint density at radius 2 is 1.84 bits per heavy atom. The lowest BCUT2D eigenvalue weighted by Crippen LogP contribution is -2.30. The van der Waals surface area contributed by atoms with E-state index in [-0.39, 0.29) is 22.7 Å². The predicted octanol–water partition coefficient (Wildman–Crippen LogP) is 3.46. The number of nitriles is 1. The van der Waals surface area contributed by atoms with Gasteiger partial charge in [-0.25, -0.2) is 4.98 Å². The molecular formula is C24H21N5O2. The predicted molar refractivity (Wildman–Crippen MR) is 118 cm³/mol. The number of carbonyl (C=O) groups excluding carboxylic acids is 1. The Bertz CT molecular complexity index is 1520. The second-order valence-corrected chi connectivity index (χ2v) is 7.78. The molecule has 0 saturated carbocycles. The van der Waals surface area contributed by atoms with E-state index in [4.69, 9.17) is 4.98 Å². The number of amides is 1. The van der Waals surface area contributed by atoms with Gasteiger partial charge < -0.3 is 4.57 Å². The molecule has 7 heteroatoms. The second kappa shape index (κ2) is 7.65. The molecule has 0 radical (unpaired) electrons. The number of fused-ring (bicyclic) bond motifs is 2. The van der Waals surface area contributed by atoms with Crippen LogP contribution < -0.4 is 11.0 Å². The summed E-state index contributed by atoms with van der Waals surface area (Å²) < 4.78 is 3.16. The van der Waals surface area contributed by atoms with E-state index in [1.165, 1.54) is 10.5 Å². The smallest absolute Gasteiger partial charge is 0.278 e. The summed E-state index contributed by atoms with van der Waals surface area (Å²) in [5.41, 5.74) is 3.28. The third kappa shape index (κ3) is 3.42. The molecule has 1 aromatic carbocycles. The normalized spacial score (nSPS) is 11.9. The van der Waals surface area contributed by atoms with Crippen molar-refractivity contribution in [1.29, 1.82) is 5.26 Å². The lowest BCUT2D eigenvalue weighted by molar-refractivity contribution is 0.0997. The summed E-state index contributed by atoms with van der Waals surface area (Å²) in [7, 11) is 0. The molecule has 0 N–H and O–H groups in total. The van der Waals surface area contributed by atoms with Gasteiger partial charge in [0.15, 0.2) is 5.49 Å². The minimum atomic E-state index is -0.459. The van der Waals surface area contributed by atoms with E-state index >= 15 is 0 Å². The highest BCUT2D eigenvalue weighted by Crippen LogP contribution is 2.16. The quantitative estimate of drug-likeness (QED) is 0.472. The van der Waals surface area contributed by atoms with Crippen molar-refractivity contribution >= 4 is 22.6 Å². The molecule has 31 heavy (non-hydrogen) atoms. The summed E-state index contributed by atoms with van der Waals surface area (Å²) in [4.78, 5) is 35.1. The fourth-order valence-electron chi connectivity index (χ4n) is 3.59. The first-order chi connectivity index (χ1) is 14.8. The molecule has 3 heterocycles. The first kappa shape index (κ1) is 20.2. The molecule has 0 aliphatic heterocycles. The molecule has 0 atom stereocenters. The molecular weight excluding hydrogens is 390 g/mol. The van der Waals surface area contributed by atoms with Crippen LogP contribution >= 0.6 is 0 Å². The van der Waals surface area contributed by atoms with Gasteiger partial charge in [0, 0.05) is 17.8 Å². The Morgan fingerprint density at radius 3 is 2.48 bits per heavy atom. The van der Waals surface area contributed by atoms with Crippen molar-refractivity contribution in [3.63, 3.8) is 0 Å². The van der Waals surface area contributed by atoms with Crippen molar-refractivity contribution < 1.29 is 4.79 Å². The Labute approximate surface area is 178 Å². The maximum atomic E-state index is 13.2. The van der Waals surface area contributed by atoms with E-state index in [9.17, 15) is 14.9 Å². The monoisotopic (exact) mass is 411 g/mol. The fraction of sp³-hybridized carbons (Fsp3) is 0.208. The molecule has 4 aromatic rings. The van der Waals surface area contributed by atoms with E-state index < -0.39 is 5.91 Å². The number of aromatic nitrogens is 3. The van der Waals surface area contributed by atoms with Crippen LogP contribution in [0.1, 0.15) is 46.9 Å². The Kier molecular flexibility index (Phi) is 4.99. The number of nitrogens with zero attached hydrogens (tertiary/aromatic N) is 5. The van der Waals surface area contributed by atoms with Crippen molar-refractivity contribution in [3.05, 3.63) is 86.8 Å². The minimum Gasteiger partial charge on any atom is -0.306 e.